The molecule has 1 heterocycles. The molecule has 0 spiro atoms. The molecule has 0 aliphatic heterocycles. The van der Waals surface area contributed by atoms with E-state index in [0.717, 1.165) is 10.7 Å². The van der Waals surface area contributed by atoms with Crippen LogP contribution < -0.4 is 16.2 Å². The molecule has 108 valence electrons. The van der Waals surface area contributed by atoms with Crippen LogP contribution >= 0.6 is 11.3 Å². The molecule has 0 fully saturated rings. The molecular weight excluding hydrogens is 296 g/mol. The first-order valence-corrected chi connectivity index (χ1v) is 8.36. The number of primary sulfonamides is 1. The highest BCUT2D eigenvalue weighted by atomic mass is 32.2. The van der Waals surface area contributed by atoms with Crippen LogP contribution in [0.4, 0.5) is 11.4 Å². The van der Waals surface area contributed by atoms with Crippen molar-refractivity contribution in [1.29, 1.82) is 0 Å². The highest BCUT2D eigenvalue weighted by Crippen LogP contribution is 2.22. The summed E-state index contributed by atoms with van der Waals surface area (Å²) in [6, 6.07) is 4.59. The van der Waals surface area contributed by atoms with Gasteiger partial charge >= 0.3 is 0 Å². The first-order valence-electron chi connectivity index (χ1n) is 5.93. The summed E-state index contributed by atoms with van der Waals surface area (Å²) in [4.78, 5) is 4.35. The molecular formula is C12H16N4O2S2. The van der Waals surface area contributed by atoms with Gasteiger partial charge in [-0.2, -0.15) is 0 Å². The largest absolute Gasteiger partial charge is 0.399 e. The van der Waals surface area contributed by atoms with Crippen LogP contribution in [-0.4, -0.2) is 19.9 Å². The standard InChI is InChI=1S/C12H16N4O2S2/c1-8-16-10(7-19-8)4-5-15-11-3-2-9(13)6-12(11)20(14,17)18/h2-3,6-7,15H,4-5,13H2,1H3,(H2,14,17,18). The van der Waals surface area contributed by atoms with Crippen molar-refractivity contribution < 1.29 is 8.42 Å². The molecule has 0 saturated carbocycles. The second-order valence-electron chi connectivity index (χ2n) is 4.34. The van der Waals surface area contributed by atoms with Crippen molar-refractivity contribution in [2.75, 3.05) is 17.6 Å². The summed E-state index contributed by atoms with van der Waals surface area (Å²) in [5, 5.41) is 11.2. The van der Waals surface area contributed by atoms with Crippen LogP contribution in [0, 0.1) is 6.92 Å². The van der Waals surface area contributed by atoms with Crippen molar-refractivity contribution in [1.82, 2.24) is 4.98 Å². The summed E-state index contributed by atoms with van der Waals surface area (Å²) in [6.45, 7) is 2.51. The van der Waals surface area contributed by atoms with Gasteiger partial charge in [0.05, 0.1) is 16.4 Å². The van der Waals surface area contributed by atoms with E-state index in [4.69, 9.17) is 10.9 Å². The smallest absolute Gasteiger partial charge is 0.240 e. The van der Waals surface area contributed by atoms with Gasteiger partial charge in [0.15, 0.2) is 0 Å². The molecule has 0 aliphatic rings. The van der Waals surface area contributed by atoms with E-state index in [0.29, 0.717) is 24.3 Å². The van der Waals surface area contributed by atoms with E-state index in [2.05, 4.69) is 10.3 Å². The summed E-state index contributed by atoms with van der Waals surface area (Å²) in [5.74, 6) is 0. The highest BCUT2D eigenvalue weighted by molar-refractivity contribution is 7.89. The van der Waals surface area contributed by atoms with E-state index in [1.54, 1.807) is 23.5 Å². The number of nitrogens with two attached hydrogens (primary N) is 2. The first-order chi connectivity index (χ1) is 9.36. The van der Waals surface area contributed by atoms with Crippen molar-refractivity contribution in [3.05, 3.63) is 34.3 Å². The third-order valence-corrected chi connectivity index (χ3v) is 4.45. The molecule has 0 bridgehead atoms. The van der Waals surface area contributed by atoms with Gasteiger partial charge in [-0.25, -0.2) is 18.5 Å². The third-order valence-electron chi connectivity index (χ3n) is 2.68. The van der Waals surface area contributed by atoms with E-state index in [9.17, 15) is 8.42 Å². The lowest BCUT2D eigenvalue weighted by atomic mass is 10.2. The van der Waals surface area contributed by atoms with E-state index in [1.807, 2.05) is 12.3 Å². The lowest BCUT2D eigenvalue weighted by molar-refractivity contribution is 0.598. The Labute approximate surface area is 121 Å². The second kappa shape index (κ2) is 5.78. The minimum atomic E-state index is -3.80. The van der Waals surface area contributed by atoms with Crippen LogP contribution in [-0.2, 0) is 16.4 Å². The number of anilines is 2. The molecule has 1 aromatic heterocycles. The molecule has 2 rings (SSSR count). The van der Waals surface area contributed by atoms with Crippen LogP contribution in [0.3, 0.4) is 0 Å². The highest BCUT2D eigenvalue weighted by Gasteiger charge is 2.14. The lowest BCUT2D eigenvalue weighted by Gasteiger charge is -2.10. The summed E-state index contributed by atoms with van der Waals surface area (Å²) in [7, 11) is -3.80. The van der Waals surface area contributed by atoms with Crippen molar-refractivity contribution in [2.24, 2.45) is 5.14 Å². The predicted molar refractivity (Wildman–Crippen MR) is 81.3 cm³/mol. The molecule has 6 nitrogen and oxygen atoms in total. The number of nitrogens with one attached hydrogen (secondary N) is 1. The Morgan fingerprint density at radius 3 is 2.75 bits per heavy atom. The summed E-state index contributed by atoms with van der Waals surface area (Å²) in [6.07, 6.45) is 0.707. The van der Waals surface area contributed by atoms with Crippen molar-refractivity contribution in [3.8, 4) is 0 Å². The van der Waals surface area contributed by atoms with Crippen LogP contribution in [0.2, 0.25) is 0 Å². The Morgan fingerprint density at radius 1 is 1.40 bits per heavy atom. The number of sulfonamides is 1. The number of hydrogen-bond acceptors (Lipinski definition) is 6. The summed E-state index contributed by atoms with van der Waals surface area (Å²) < 4.78 is 23.0. The minimum absolute atomic E-state index is 0.00644. The maximum atomic E-state index is 11.5. The van der Waals surface area contributed by atoms with Crippen LogP contribution in [0.5, 0.6) is 0 Å². The van der Waals surface area contributed by atoms with E-state index in [-0.39, 0.29) is 4.90 Å². The molecule has 0 aliphatic carbocycles. The number of aromatic nitrogens is 1. The Bertz CT molecular complexity index is 710. The van der Waals surface area contributed by atoms with Crippen molar-refractivity contribution in [2.45, 2.75) is 18.2 Å². The zero-order valence-corrected chi connectivity index (χ0v) is 12.6. The Balaban J connectivity index is 2.10. The molecule has 0 atom stereocenters. The maximum absolute atomic E-state index is 11.5. The zero-order chi connectivity index (χ0) is 14.8. The fourth-order valence-corrected chi connectivity index (χ4v) is 3.16. The molecule has 2 aromatic rings. The van der Waals surface area contributed by atoms with Crippen LogP contribution in [0.1, 0.15) is 10.7 Å². The predicted octanol–water partition coefficient (Wildman–Crippen LogP) is 1.34. The average Bonchev–Trinajstić information content (AvgIpc) is 2.76. The first kappa shape index (κ1) is 14.8. The number of nitrogen functional groups attached to an aromatic ring is 1. The SMILES string of the molecule is Cc1nc(CCNc2ccc(N)cc2S(N)(=O)=O)cs1. The Hall–Kier alpha value is -1.64. The van der Waals surface area contributed by atoms with Crippen molar-refractivity contribution in [3.63, 3.8) is 0 Å². The molecule has 8 heteroatoms. The molecule has 5 N–H and O–H groups in total. The fraction of sp³-hybridized carbons (Fsp3) is 0.250. The van der Waals surface area contributed by atoms with Gasteiger partial charge in [-0.3, -0.25) is 0 Å². The van der Waals surface area contributed by atoms with Crippen molar-refractivity contribution >= 4 is 32.7 Å². The van der Waals surface area contributed by atoms with Gasteiger partial charge in [0.2, 0.25) is 10.0 Å². The summed E-state index contributed by atoms with van der Waals surface area (Å²) in [5.41, 5.74) is 7.38. The monoisotopic (exact) mass is 312 g/mol. The van der Waals surface area contributed by atoms with Crippen LogP contribution in [0.25, 0.3) is 0 Å². The van der Waals surface area contributed by atoms with E-state index in [1.165, 1.54) is 6.07 Å². The van der Waals surface area contributed by atoms with Crippen LogP contribution in [0.15, 0.2) is 28.5 Å². The number of thiazole rings is 1. The maximum Gasteiger partial charge on any atom is 0.240 e. The quantitative estimate of drug-likeness (QED) is 0.721. The van der Waals surface area contributed by atoms with Gasteiger partial charge in [-0.1, -0.05) is 0 Å². The Morgan fingerprint density at radius 2 is 2.15 bits per heavy atom. The molecule has 20 heavy (non-hydrogen) atoms. The van der Waals surface area contributed by atoms with Gasteiger partial charge in [-0.05, 0) is 25.1 Å². The summed E-state index contributed by atoms with van der Waals surface area (Å²) >= 11 is 1.59. The normalized spacial score (nSPS) is 11.5. The van der Waals surface area contributed by atoms with Gasteiger partial charge in [0.1, 0.15) is 4.90 Å². The Kier molecular flexibility index (Phi) is 4.26. The van der Waals surface area contributed by atoms with E-state index < -0.39 is 10.0 Å². The molecule has 0 unspecified atom stereocenters. The number of hydrogen-bond donors (Lipinski definition) is 3. The minimum Gasteiger partial charge on any atom is -0.399 e. The second-order valence-corrected chi connectivity index (χ2v) is 6.93. The molecule has 0 saturated heterocycles. The van der Waals surface area contributed by atoms with Gasteiger partial charge in [0.25, 0.3) is 0 Å². The number of aryl methyl sites for hydroxylation is 1. The molecule has 0 amide bonds. The van der Waals surface area contributed by atoms with Gasteiger partial charge in [-0.15, -0.1) is 11.3 Å². The topological polar surface area (TPSA) is 111 Å². The average molecular weight is 312 g/mol. The number of benzene rings is 1. The third kappa shape index (κ3) is 3.69. The number of nitrogens with zero attached hydrogens (tertiary/aromatic N) is 1. The fourth-order valence-electron chi connectivity index (χ4n) is 1.77. The lowest BCUT2D eigenvalue weighted by Crippen LogP contribution is -2.16. The number of rotatable bonds is 5. The van der Waals surface area contributed by atoms with E-state index >= 15 is 0 Å². The van der Waals surface area contributed by atoms with Gasteiger partial charge < -0.3 is 11.1 Å². The molecule has 1 aromatic carbocycles. The zero-order valence-electron chi connectivity index (χ0n) is 11.0. The van der Waals surface area contributed by atoms with Gasteiger partial charge in [0, 0.05) is 24.0 Å². The molecule has 0 radical (unpaired) electrons.